The third-order valence-corrected chi connectivity index (χ3v) is 5.91. The van der Waals surface area contributed by atoms with Crippen molar-refractivity contribution in [2.45, 2.75) is 25.7 Å². The molecule has 0 amide bonds. The molecule has 0 aromatic carbocycles. The van der Waals surface area contributed by atoms with E-state index in [4.69, 9.17) is 0 Å². The number of nitrogens with one attached hydrogen (secondary N) is 2. The van der Waals surface area contributed by atoms with Gasteiger partial charge < -0.3 is 14.8 Å². The summed E-state index contributed by atoms with van der Waals surface area (Å²) in [5.74, 6) is 0.694. The van der Waals surface area contributed by atoms with E-state index in [1.54, 1.807) is 7.05 Å². The Morgan fingerprint density at radius 2 is 1.58 bits per heavy atom. The molecule has 4 rings (SSSR count). The van der Waals surface area contributed by atoms with Gasteiger partial charge in [0.05, 0.1) is 0 Å². The maximum atomic E-state index is 12.0. The van der Waals surface area contributed by atoms with Crippen LogP contribution in [0.5, 0.6) is 0 Å². The van der Waals surface area contributed by atoms with E-state index in [0.29, 0.717) is 22.5 Å². The summed E-state index contributed by atoms with van der Waals surface area (Å²) >= 11 is 0. The number of aromatic amines is 2. The Morgan fingerprint density at radius 3 is 2.25 bits per heavy atom. The van der Waals surface area contributed by atoms with Gasteiger partial charge in [0.1, 0.15) is 0 Å². The van der Waals surface area contributed by atoms with Gasteiger partial charge in [-0.1, -0.05) is 0 Å². The van der Waals surface area contributed by atoms with Crippen LogP contribution >= 0.6 is 0 Å². The summed E-state index contributed by atoms with van der Waals surface area (Å²) in [5, 5.41) is 0. The van der Waals surface area contributed by atoms with Crippen LogP contribution in [0.15, 0.2) is 9.59 Å². The number of likely N-dealkylation sites (tertiary alicyclic amines) is 1. The molecule has 2 aromatic heterocycles. The van der Waals surface area contributed by atoms with Crippen LogP contribution in [-0.4, -0.2) is 57.6 Å². The Bertz CT molecular complexity index is 861. The summed E-state index contributed by atoms with van der Waals surface area (Å²) in [4.78, 5) is 38.2. The number of imidazole rings is 1. The minimum Gasteiger partial charge on any atom is -0.342 e. The molecule has 24 heavy (non-hydrogen) atoms. The van der Waals surface area contributed by atoms with Crippen LogP contribution < -0.4 is 16.1 Å². The molecule has 2 aromatic rings. The lowest BCUT2D eigenvalue weighted by molar-refractivity contribution is 0.0942. The second kappa shape index (κ2) is 5.47. The molecule has 0 unspecified atom stereocenters. The highest BCUT2D eigenvalue weighted by molar-refractivity contribution is 5.72. The normalized spacial score (nSPS) is 21.7. The van der Waals surface area contributed by atoms with Crippen molar-refractivity contribution in [2.24, 2.45) is 12.5 Å². The summed E-state index contributed by atoms with van der Waals surface area (Å²) in [5.41, 5.74) is 0.412. The van der Waals surface area contributed by atoms with Gasteiger partial charge in [0, 0.05) is 20.1 Å². The summed E-state index contributed by atoms with van der Waals surface area (Å²) < 4.78 is 1.37. The topological polar surface area (TPSA) is 90.0 Å². The number of hydrogen-bond donors (Lipinski definition) is 2. The second-order valence-corrected chi connectivity index (χ2v) is 7.37. The average molecular weight is 332 g/mol. The van der Waals surface area contributed by atoms with Gasteiger partial charge in [0.15, 0.2) is 11.2 Å². The van der Waals surface area contributed by atoms with E-state index in [2.05, 4.69) is 31.8 Å². The number of rotatable bonds is 1. The van der Waals surface area contributed by atoms with Crippen molar-refractivity contribution >= 4 is 17.1 Å². The minimum absolute atomic E-state index is 0.367. The number of fused-ring (bicyclic) bond motifs is 1. The first kappa shape index (κ1) is 15.4. The fourth-order valence-electron chi connectivity index (χ4n) is 4.03. The molecule has 8 heteroatoms. The molecular formula is C16H24N6O2. The predicted molar refractivity (Wildman–Crippen MR) is 92.6 cm³/mol. The van der Waals surface area contributed by atoms with E-state index in [9.17, 15) is 9.59 Å². The van der Waals surface area contributed by atoms with Gasteiger partial charge in [0.2, 0.25) is 5.95 Å². The van der Waals surface area contributed by atoms with Crippen LogP contribution in [-0.2, 0) is 7.05 Å². The van der Waals surface area contributed by atoms with Crippen LogP contribution in [0.3, 0.4) is 0 Å². The van der Waals surface area contributed by atoms with Crippen molar-refractivity contribution in [3.05, 3.63) is 20.8 Å². The maximum Gasteiger partial charge on any atom is 0.329 e. The third kappa shape index (κ3) is 2.45. The molecule has 2 aliphatic rings. The largest absolute Gasteiger partial charge is 0.342 e. The molecule has 0 atom stereocenters. The summed E-state index contributed by atoms with van der Waals surface area (Å²) in [6.07, 6.45) is 4.86. The lowest BCUT2D eigenvalue weighted by Crippen LogP contribution is -2.46. The van der Waals surface area contributed by atoms with Crippen molar-refractivity contribution in [2.75, 3.05) is 38.1 Å². The fourth-order valence-corrected chi connectivity index (χ4v) is 4.03. The first-order chi connectivity index (χ1) is 11.5. The molecule has 0 saturated carbocycles. The fraction of sp³-hybridized carbons (Fsp3) is 0.688. The Kier molecular flexibility index (Phi) is 3.52. The van der Waals surface area contributed by atoms with E-state index < -0.39 is 11.2 Å². The van der Waals surface area contributed by atoms with Crippen LogP contribution in [0.2, 0.25) is 0 Å². The highest BCUT2D eigenvalue weighted by Gasteiger charge is 2.37. The standard InChI is InChI=1S/C16H24N6O2/c1-20-7-3-16(4-8-20)5-9-22(10-6-16)14-17-11-12(18-14)21(2)15(24)19-13(11)23/h3-10H2,1-2H3,(H,17,18)(H,19,23,24). The molecule has 4 heterocycles. The number of piperidine rings is 2. The summed E-state index contributed by atoms with van der Waals surface area (Å²) in [6, 6.07) is 0. The molecule has 2 saturated heterocycles. The van der Waals surface area contributed by atoms with E-state index in [1.807, 2.05) is 0 Å². The van der Waals surface area contributed by atoms with E-state index in [-0.39, 0.29) is 0 Å². The van der Waals surface area contributed by atoms with Crippen LogP contribution in [0, 0.1) is 5.41 Å². The number of aryl methyl sites for hydroxylation is 1. The zero-order chi connectivity index (χ0) is 16.9. The van der Waals surface area contributed by atoms with Gasteiger partial charge in [-0.05, 0) is 51.2 Å². The number of H-pyrrole nitrogens is 2. The number of anilines is 1. The van der Waals surface area contributed by atoms with E-state index >= 15 is 0 Å². The summed E-state index contributed by atoms with van der Waals surface area (Å²) in [6.45, 7) is 4.25. The van der Waals surface area contributed by atoms with Crippen molar-refractivity contribution in [1.82, 2.24) is 24.4 Å². The smallest absolute Gasteiger partial charge is 0.329 e. The summed E-state index contributed by atoms with van der Waals surface area (Å²) in [7, 11) is 3.81. The molecule has 1 spiro atoms. The third-order valence-electron chi connectivity index (χ3n) is 5.91. The van der Waals surface area contributed by atoms with Crippen LogP contribution in [0.25, 0.3) is 11.2 Å². The molecular weight excluding hydrogens is 308 g/mol. The van der Waals surface area contributed by atoms with Crippen LogP contribution in [0.4, 0.5) is 5.95 Å². The molecule has 130 valence electrons. The molecule has 8 nitrogen and oxygen atoms in total. The Balaban J connectivity index is 1.57. The average Bonchev–Trinajstić information content (AvgIpc) is 3.03. The molecule has 2 aliphatic heterocycles. The first-order valence-electron chi connectivity index (χ1n) is 8.60. The van der Waals surface area contributed by atoms with Crippen molar-refractivity contribution in [3.8, 4) is 0 Å². The predicted octanol–water partition coefficient (Wildman–Crippen LogP) is 0.262. The van der Waals surface area contributed by atoms with Crippen molar-refractivity contribution in [1.29, 1.82) is 0 Å². The lowest BCUT2D eigenvalue weighted by Gasteiger charge is -2.46. The van der Waals surface area contributed by atoms with Gasteiger partial charge in [-0.3, -0.25) is 14.3 Å². The van der Waals surface area contributed by atoms with Crippen molar-refractivity contribution < 1.29 is 0 Å². The molecule has 2 fully saturated rings. The van der Waals surface area contributed by atoms with Gasteiger partial charge in [0.25, 0.3) is 5.56 Å². The zero-order valence-electron chi connectivity index (χ0n) is 14.3. The first-order valence-corrected chi connectivity index (χ1v) is 8.60. The van der Waals surface area contributed by atoms with Gasteiger partial charge in [-0.2, -0.15) is 4.98 Å². The van der Waals surface area contributed by atoms with Gasteiger partial charge in [-0.25, -0.2) is 4.79 Å². The maximum absolute atomic E-state index is 12.0. The Morgan fingerprint density at radius 1 is 0.958 bits per heavy atom. The highest BCUT2D eigenvalue weighted by Crippen LogP contribution is 2.41. The monoisotopic (exact) mass is 332 g/mol. The lowest BCUT2D eigenvalue weighted by atomic mass is 9.71. The molecule has 0 radical (unpaired) electrons. The van der Waals surface area contributed by atoms with Gasteiger partial charge >= 0.3 is 5.69 Å². The molecule has 2 N–H and O–H groups in total. The van der Waals surface area contributed by atoms with E-state index in [0.717, 1.165) is 25.9 Å². The number of aromatic nitrogens is 4. The van der Waals surface area contributed by atoms with Crippen molar-refractivity contribution in [3.63, 3.8) is 0 Å². The second-order valence-electron chi connectivity index (χ2n) is 7.37. The number of hydrogen-bond acceptors (Lipinski definition) is 5. The van der Waals surface area contributed by atoms with Crippen LogP contribution in [0.1, 0.15) is 25.7 Å². The Labute approximate surface area is 139 Å². The zero-order valence-corrected chi connectivity index (χ0v) is 14.3. The Hall–Kier alpha value is -2.09. The molecule has 0 bridgehead atoms. The van der Waals surface area contributed by atoms with E-state index in [1.165, 1.54) is 30.5 Å². The number of nitrogens with zero attached hydrogens (tertiary/aromatic N) is 4. The SMILES string of the molecule is CN1CCC2(CC1)CCN(c1nc3c([nH]1)c(=O)[nH]c(=O)n3C)CC2. The minimum atomic E-state index is -0.436. The quantitative estimate of drug-likeness (QED) is 0.782. The van der Waals surface area contributed by atoms with Gasteiger partial charge in [-0.15, -0.1) is 0 Å². The molecule has 0 aliphatic carbocycles. The highest BCUT2D eigenvalue weighted by atomic mass is 16.2.